The first-order valence-electron chi connectivity index (χ1n) is 27.3. The number of rotatable bonds is 43. The Morgan fingerprint density at radius 1 is 0.456 bits per heavy atom. The predicted octanol–water partition coefficient (Wildman–Crippen LogP) is 8.16. The number of ether oxygens (including phenoxy) is 6. The van der Waals surface area contributed by atoms with Gasteiger partial charge in [0.1, 0.15) is 55.4 Å². The number of carbonyl (C=O) groups is 2. The molecule has 0 amide bonds. The average molecular weight is 975 g/mol. The largest absolute Gasteiger partial charge is 0.462 e. The van der Waals surface area contributed by atoms with E-state index in [0.717, 1.165) is 57.8 Å². The van der Waals surface area contributed by atoms with Crippen molar-refractivity contribution in [1.82, 2.24) is 0 Å². The van der Waals surface area contributed by atoms with Crippen LogP contribution >= 0.6 is 0 Å². The van der Waals surface area contributed by atoms with Crippen LogP contribution < -0.4 is 0 Å². The molecular formula is C53H98O15. The minimum atomic E-state index is -1.76. The van der Waals surface area contributed by atoms with Crippen LogP contribution in [-0.4, -0.2) is 142 Å². The van der Waals surface area contributed by atoms with Crippen molar-refractivity contribution in [2.24, 2.45) is 0 Å². The first kappa shape index (κ1) is 62.4. The molecule has 0 aliphatic carbocycles. The van der Waals surface area contributed by atoms with Crippen LogP contribution in [-0.2, 0) is 38.0 Å². The van der Waals surface area contributed by atoms with Crippen molar-refractivity contribution >= 4 is 11.9 Å². The summed E-state index contributed by atoms with van der Waals surface area (Å²) in [7, 11) is 0. The monoisotopic (exact) mass is 975 g/mol. The van der Waals surface area contributed by atoms with E-state index in [4.69, 9.17) is 28.4 Å². The molecule has 2 rings (SSSR count). The van der Waals surface area contributed by atoms with Gasteiger partial charge in [-0.15, -0.1) is 0 Å². The highest BCUT2D eigenvalue weighted by atomic mass is 16.7. The third-order valence-corrected chi connectivity index (χ3v) is 13.2. The van der Waals surface area contributed by atoms with E-state index in [1.54, 1.807) is 0 Å². The summed E-state index contributed by atoms with van der Waals surface area (Å²) < 4.78 is 33.6. The molecule has 0 aromatic carbocycles. The Bertz CT molecular complexity index is 1240. The van der Waals surface area contributed by atoms with E-state index in [1.807, 2.05) is 0 Å². The molecule has 0 saturated carbocycles. The molecule has 0 aromatic rings. The van der Waals surface area contributed by atoms with Gasteiger partial charge >= 0.3 is 11.9 Å². The van der Waals surface area contributed by atoms with Gasteiger partial charge in [0.15, 0.2) is 18.7 Å². The van der Waals surface area contributed by atoms with Crippen LogP contribution in [0.4, 0.5) is 0 Å². The molecule has 4 unspecified atom stereocenters. The summed E-state index contributed by atoms with van der Waals surface area (Å²) in [6, 6.07) is 0. The van der Waals surface area contributed by atoms with Gasteiger partial charge in [0.05, 0.1) is 19.8 Å². The van der Waals surface area contributed by atoms with E-state index < -0.39 is 92.7 Å². The van der Waals surface area contributed by atoms with Crippen LogP contribution in [0.15, 0.2) is 12.2 Å². The summed E-state index contributed by atoms with van der Waals surface area (Å²) in [5.74, 6) is -0.923. The highest BCUT2D eigenvalue weighted by molar-refractivity contribution is 5.70. The van der Waals surface area contributed by atoms with E-state index in [2.05, 4.69) is 26.0 Å². The Labute approximate surface area is 410 Å². The lowest BCUT2D eigenvalue weighted by Gasteiger charge is -2.42. The van der Waals surface area contributed by atoms with Gasteiger partial charge in [-0.25, -0.2) is 0 Å². The maximum absolute atomic E-state index is 13.0. The highest BCUT2D eigenvalue weighted by Gasteiger charge is 2.47. The second-order valence-electron chi connectivity index (χ2n) is 19.4. The van der Waals surface area contributed by atoms with Gasteiger partial charge in [0.2, 0.25) is 0 Å². The smallest absolute Gasteiger partial charge is 0.306 e. The van der Waals surface area contributed by atoms with E-state index in [9.17, 15) is 45.3 Å². The lowest BCUT2D eigenvalue weighted by Crippen LogP contribution is -2.61. The zero-order valence-corrected chi connectivity index (χ0v) is 42.4. The maximum atomic E-state index is 13.0. The molecule has 15 nitrogen and oxygen atoms in total. The van der Waals surface area contributed by atoms with E-state index in [1.165, 1.54) is 122 Å². The van der Waals surface area contributed by atoms with Crippen molar-refractivity contribution in [3.05, 3.63) is 12.2 Å². The van der Waals surface area contributed by atoms with Crippen molar-refractivity contribution in [2.75, 3.05) is 26.4 Å². The molecule has 2 heterocycles. The molecule has 0 spiro atoms. The van der Waals surface area contributed by atoms with Crippen LogP contribution in [0.25, 0.3) is 0 Å². The molecule has 0 bridgehead atoms. The Kier molecular flexibility index (Phi) is 37.4. The zero-order chi connectivity index (χ0) is 49.6. The number of aliphatic hydroxyl groups is 7. The van der Waals surface area contributed by atoms with E-state index in [-0.39, 0.29) is 26.1 Å². The van der Waals surface area contributed by atoms with Gasteiger partial charge < -0.3 is 64.2 Å². The highest BCUT2D eigenvalue weighted by Crippen LogP contribution is 2.27. The second-order valence-corrected chi connectivity index (χ2v) is 19.4. The fraction of sp³-hybridized carbons (Fsp3) is 0.925. The number of unbranched alkanes of at least 4 members (excludes halogenated alkanes) is 27. The quantitative estimate of drug-likeness (QED) is 0.0174. The molecule has 2 aliphatic heterocycles. The third kappa shape index (κ3) is 28.3. The normalized spacial score (nSPS) is 25.8. The van der Waals surface area contributed by atoms with Gasteiger partial charge in [-0.1, -0.05) is 180 Å². The second kappa shape index (κ2) is 40.8. The number of hydrogen-bond donors (Lipinski definition) is 7. The number of carbonyl (C=O) groups excluding carboxylic acids is 2. The molecule has 2 fully saturated rings. The summed E-state index contributed by atoms with van der Waals surface area (Å²) in [6.45, 7) is 2.61. The van der Waals surface area contributed by atoms with Crippen molar-refractivity contribution in [3.8, 4) is 0 Å². The molecule has 68 heavy (non-hydrogen) atoms. The minimum Gasteiger partial charge on any atom is -0.462 e. The average Bonchev–Trinajstić information content (AvgIpc) is 3.33. The first-order chi connectivity index (χ1) is 33.0. The lowest BCUT2D eigenvalue weighted by atomic mass is 9.98. The Morgan fingerprint density at radius 3 is 1.29 bits per heavy atom. The summed E-state index contributed by atoms with van der Waals surface area (Å²) in [5, 5.41) is 72.1. The fourth-order valence-electron chi connectivity index (χ4n) is 8.74. The summed E-state index contributed by atoms with van der Waals surface area (Å²) in [6.07, 6.45) is 23.8. The zero-order valence-electron chi connectivity index (χ0n) is 42.4. The fourth-order valence-corrected chi connectivity index (χ4v) is 8.74. The molecular weight excluding hydrogens is 877 g/mol. The minimum absolute atomic E-state index is 0.159. The molecule has 0 aromatic heterocycles. The number of esters is 2. The predicted molar refractivity (Wildman–Crippen MR) is 261 cm³/mol. The van der Waals surface area contributed by atoms with Crippen molar-refractivity contribution in [3.63, 3.8) is 0 Å². The summed E-state index contributed by atoms with van der Waals surface area (Å²) in [4.78, 5) is 25.8. The molecule has 2 saturated heterocycles. The number of aliphatic hydroxyl groups excluding tert-OH is 7. The number of hydrogen-bond acceptors (Lipinski definition) is 15. The number of allylic oxidation sites excluding steroid dienone is 2. The summed E-state index contributed by atoms with van der Waals surface area (Å²) >= 11 is 0. The SMILES string of the molecule is CCCCCCC/C=C/CCCCCCCC(=O)O[C@@H](COC(=O)CCCCCCCCCCCCCCCCCCCC)CO[C@@H]1O[C@H](CO[C@@H]2O[C@H](CO)[C@H](O)C(O)C2O)[C@H](O)C(O)C1O. The van der Waals surface area contributed by atoms with Crippen molar-refractivity contribution < 1.29 is 73.8 Å². The van der Waals surface area contributed by atoms with E-state index >= 15 is 0 Å². The summed E-state index contributed by atoms with van der Waals surface area (Å²) in [5.41, 5.74) is 0. The topological polar surface area (TPSA) is 231 Å². The Balaban J connectivity index is 1.77. The van der Waals surface area contributed by atoms with Crippen LogP contribution in [0, 0.1) is 0 Å². The maximum Gasteiger partial charge on any atom is 0.306 e. The van der Waals surface area contributed by atoms with Gasteiger partial charge in [0.25, 0.3) is 0 Å². The first-order valence-corrected chi connectivity index (χ1v) is 27.3. The van der Waals surface area contributed by atoms with Crippen LogP contribution in [0.3, 0.4) is 0 Å². The molecule has 11 atom stereocenters. The van der Waals surface area contributed by atoms with E-state index in [0.29, 0.717) is 12.8 Å². The van der Waals surface area contributed by atoms with Crippen LogP contribution in [0.2, 0.25) is 0 Å². The van der Waals surface area contributed by atoms with Gasteiger partial charge in [-0.3, -0.25) is 9.59 Å². The molecule has 400 valence electrons. The Hall–Kier alpha value is -1.76. The van der Waals surface area contributed by atoms with Crippen molar-refractivity contribution in [1.29, 1.82) is 0 Å². The molecule has 0 radical (unpaired) electrons. The molecule has 2 aliphatic rings. The van der Waals surface area contributed by atoms with Gasteiger partial charge in [-0.05, 0) is 38.5 Å². The third-order valence-electron chi connectivity index (χ3n) is 13.2. The van der Waals surface area contributed by atoms with Crippen LogP contribution in [0.1, 0.15) is 219 Å². The molecule has 7 N–H and O–H groups in total. The van der Waals surface area contributed by atoms with Gasteiger partial charge in [0, 0.05) is 12.8 Å². The van der Waals surface area contributed by atoms with Gasteiger partial charge in [-0.2, -0.15) is 0 Å². The standard InChI is InChI=1S/C53H98O15/c1-3-5-7-9-11-13-15-17-19-20-21-22-24-25-27-29-31-33-35-44(55)63-38-41(66-45(56)36-34-32-30-28-26-23-18-16-14-12-10-8-6-4-2)39-64-52-51(62)49(60)47(58)43(68-52)40-65-53-50(61)48(59)46(57)42(37-54)67-53/h16,18,41-43,46-54,57-62H,3-15,17,19-40H2,1-2H3/b18-16+/t41-,42+,43+,46-,47-,48?,49?,50?,51?,52+,53+/m0/s1. The van der Waals surface area contributed by atoms with Crippen molar-refractivity contribution in [2.45, 2.75) is 287 Å². The molecule has 15 heteroatoms. The Morgan fingerprint density at radius 2 is 0.838 bits per heavy atom. The van der Waals surface area contributed by atoms with Crippen LogP contribution in [0.5, 0.6) is 0 Å². The lowest BCUT2D eigenvalue weighted by molar-refractivity contribution is -0.332.